The summed E-state index contributed by atoms with van der Waals surface area (Å²) >= 11 is 0. The van der Waals surface area contributed by atoms with Crippen molar-refractivity contribution in [3.8, 4) is 0 Å². The summed E-state index contributed by atoms with van der Waals surface area (Å²) in [5, 5.41) is 71.2. The lowest BCUT2D eigenvalue weighted by molar-refractivity contribution is -0.332. The summed E-state index contributed by atoms with van der Waals surface area (Å²) in [6.07, 6.45) is 2.82. The van der Waals surface area contributed by atoms with E-state index in [9.17, 15) is 40.5 Å². The fraction of sp³-hybridized carbons (Fsp3) is 0.972. The molecule has 0 aromatic heterocycles. The van der Waals surface area contributed by atoms with Gasteiger partial charge in [0.15, 0.2) is 12.6 Å². The molecular weight excluding hydrogens is 656 g/mol. The van der Waals surface area contributed by atoms with Gasteiger partial charge in [0.25, 0.3) is 0 Å². The number of carbonyl (C=O) groups excluding carboxylic acids is 1. The molecule has 11 atom stereocenters. The van der Waals surface area contributed by atoms with Gasteiger partial charge >= 0.3 is 5.97 Å². The predicted octanol–water partition coefficient (Wildman–Crippen LogP) is 2.23. The van der Waals surface area contributed by atoms with Crippen LogP contribution in [0.2, 0.25) is 0 Å². The molecule has 7 N–H and O–H groups in total. The Morgan fingerprint density at radius 1 is 0.580 bits per heavy atom. The number of carbonyl (C=O) groups is 1. The van der Waals surface area contributed by atoms with Gasteiger partial charge in [-0.15, -0.1) is 0 Å². The van der Waals surface area contributed by atoms with Crippen LogP contribution in [0.5, 0.6) is 0 Å². The van der Waals surface area contributed by atoms with Gasteiger partial charge in [-0.05, 0) is 12.8 Å². The molecule has 2 aliphatic rings. The number of ether oxygens (including phenoxy) is 6. The summed E-state index contributed by atoms with van der Waals surface area (Å²) in [5.74, 6) is -0.400. The number of rotatable bonds is 28. The Bertz CT molecular complexity index is 850. The molecule has 2 rings (SSSR count). The molecule has 0 radical (unpaired) electrons. The number of aliphatic hydroxyl groups excluding tert-OH is 7. The Morgan fingerprint density at radius 2 is 1.06 bits per heavy atom. The summed E-state index contributed by atoms with van der Waals surface area (Å²) < 4.78 is 33.7. The zero-order chi connectivity index (χ0) is 36.7. The summed E-state index contributed by atoms with van der Waals surface area (Å²) in [5.41, 5.74) is 0. The number of unbranched alkanes of at least 4 members (excludes halogenated alkanes) is 14. The second-order valence-electron chi connectivity index (χ2n) is 13.8. The molecule has 0 aliphatic carbocycles. The quantitative estimate of drug-likeness (QED) is 0.0456. The maximum atomic E-state index is 12.5. The lowest BCUT2D eigenvalue weighted by Crippen LogP contribution is -2.61. The number of esters is 1. The van der Waals surface area contributed by atoms with Crippen LogP contribution in [-0.2, 0) is 33.2 Å². The Kier molecular flexibility index (Phi) is 24.1. The molecule has 0 saturated carbocycles. The molecule has 0 aromatic rings. The molecule has 2 saturated heterocycles. The van der Waals surface area contributed by atoms with Gasteiger partial charge in [-0.3, -0.25) is 4.79 Å². The molecule has 2 fully saturated rings. The zero-order valence-corrected chi connectivity index (χ0v) is 30.4. The van der Waals surface area contributed by atoms with E-state index < -0.39 is 86.7 Å². The predicted molar refractivity (Wildman–Crippen MR) is 183 cm³/mol. The van der Waals surface area contributed by atoms with Crippen LogP contribution < -0.4 is 0 Å². The van der Waals surface area contributed by atoms with Crippen LogP contribution in [0.4, 0.5) is 0 Å². The van der Waals surface area contributed by atoms with Crippen molar-refractivity contribution >= 4 is 5.97 Å². The van der Waals surface area contributed by atoms with Crippen molar-refractivity contribution < 1.29 is 69.0 Å². The minimum atomic E-state index is -1.70. The Morgan fingerprint density at radius 3 is 1.62 bits per heavy atom. The number of hydrogen-bond acceptors (Lipinski definition) is 14. The van der Waals surface area contributed by atoms with Gasteiger partial charge in [-0.2, -0.15) is 0 Å². The Hall–Kier alpha value is -1.01. The van der Waals surface area contributed by atoms with Crippen LogP contribution in [-0.4, -0.2) is 142 Å². The largest absolute Gasteiger partial charge is 0.457 e. The van der Waals surface area contributed by atoms with E-state index >= 15 is 0 Å². The topological polar surface area (TPSA) is 214 Å². The van der Waals surface area contributed by atoms with Gasteiger partial charge in [0.1, 0.15) is 54.9 Å². The molecule has 0 aromatic carbocycles. The van der Waals surface area contributed by atoms with Gasteiger partial charge < -0.3 is 64.2 Å². The summed E-state index contributed by atoms with van der Waals surface area (Å²) in [7, 11) is 0. The maximum absolute atomic E-state index is 12.5. The molecule has 0 spiro atoms. The molecule has 2 heterocycles. The number of aliphatic hydroxyl groups is 7. The third-order valence-electron chi connectivity index (χ3n) is 9.37. The van der Waals surface area contributed by atoms with Crippen LogP contribution in [0.25, 0.3) is 0 Å². The van der Waals surface area contributed by atoms with Gasteiger partial charge in [-0.1, -0.05) is 104 Å². The van der Waals surface area contributed by atoms with Crippen molar-refractivity contribution in [3.05, 3.63) is 0 Å². The van der Waals surface area contributed by atoms with Crippen LogP contribution in [0.3, 0.4) is 0 Å². The maximum Gasteiger partial charge on any atom is 0.306 e. The van der Waals surface area contributed by atoms with E-state index in [1.165, 1.54) is 64.2 Å². The van der Waals surface area contributed by atoms with Crippen molar-refractivity contribution in [3.63, 3.8) is 0 Å². The second-order valence-corrected chi connectivity index (χ2v) is 13.8. The van der Waals surface area contributed by atoms with E-state index in [0.717, 1.165) is 32.1 Å². The summed E-state index contributed by atoms with van der Waals surface area (Å²) in [4.78, 5) is 12.5. The molecular formula is C36H68O14. The Balaban J connectivity index is 1.79. The first-order chi connectivity index (χ1) is 24.1. The van der Waals surface area contributed by atoms with Gasteiger partial charge in [0, 0.05) is 13.0 Å². The third kappa shape index (κ3) is 16.8. The van der Waals surface area contributed by atoms with E-state index in [4.69, 9.17) is 28.4 Å². The minimum Gasteiger partial charge on any atom is -0.457 e. The van der Waals surface area contributed by atoms with Crippen molar-refractivity contribution in [1.29, 1.82) is 0 Å². The highest BCUT2D eigenvalue weighted by Gasteiger charge is 2.47. The van der Waals surface area contributed by atoms with Gasteiger partial charge in [-0.25, -0.2) is 0 Å². The zero-order valence-electron chi connectivity index (χ0n) is 30.4. The summed E-state index contributed by atoms with van der Waals surface area (Å²) in [6, 6.07) is 0. The molecule has 14 nitrogen and oxygen atoms in total. The molecule has 0 bridgehead atoms. The molecule has 14 heteroatoms. The van der Waals surface area contributed by atoms with Crippen molar-refractivity contribution in [2.24, 2.45) is 0 Å². The highest BCUT2D eigenvalue weighted by atomic mass is 16.7. The average molecular weight is 725 g/mol. The normalized spacial score (nSPS) is 30.7. The molecule has 50 heavy (non-hydrogen) atoms. The van der Waals surface area contributed by atoms with E-state index in [2.05, 4.69) is 6.92 Å². The second kappa shape index (κ2) is 26.7. The average Bonchev–Trinajstić information content (AvgIpc) is 3.11. The third-order valence-corrected chi connectivity index (χ3v) is 9.37. The first kappa shape index (κ1) is 45.1. The summed E-state index contributed by atoms with van der Waals surface area (Å²) in [6.45, 7) is 3.48. The smallest absolute Gasteiger partial charge is 0.306 e. The van der Waals surface area contributed by atoms with Crippen LogP contribution >= 0.6 is 0 Å². The van der Waals surface area contributed by atoms with E-state index in [0.29, 0.717) is 13.0 Å². The fourth-order valence-corrected chi connectivity index (χ4v) is 6.11. The standard InChI is InChI=1S/C36H68O14/c1-3-5-7-8-9-10-11-12-13-14-15-16-18-20-45-22-25(48-28(38)19-17-6-4-2)23-46-35-34(44)32(42)30(40)27(50-35)24-47-36-33(43)31(41)29(39)26(21-37)49-36/h25-27,29-37,39-44H,3-24H2,1-2H3. The molecule has 0 amide bonds. The fourth-order valence-electron chi connectivity index (χ4n) is 6.11. The van der Waals surface area contributed by atoms with Crippen LogP contribution in [0, 0.1) is 0 Å². The Labute approximate surface area is 298 Å². The van der Waals surface area contributed by atoms with Crippen LogP contribution in [0.1, 0.15) is 123 Å². The van der Waals surface area contributed by atoms with Crippen LogP contribution in [0.15, 0.2) is 0 Å². The van der Waals surface area contributed by atoms with E-state index in [1.807, 2.05) is 6.92 Å². The monoisotopic (exact) mass is 724 g/mol. The molecule has 11 unspecified atom stereocenters. The van der Waals surface area contributed by atoms with Gasteiger partial charge in [0.2, 0.25) is 0 Å². The van der Waals surface area contributed by atoms with Gasteiger partial charge in [0.05, 0.1) is 26.4 Å². The van der Waals surface area contributed by atoms with Crippen molar-refractivity contribution in [2.75, 3.05) is 33.0 Å². The SMILES string of the molecule is CCCCCCCCCCCCCCCOCC(COC1OC(COC2OC(CO)C(O)C(O)C2O)C(O)C(O)C1O)OC(=O)CCCCC. The lowest BCUT2D eigenvalue weighted by atomic mass is 9.98. The van der Waals surface area contributed by atoms with E-state index in [-0.39, 0.29) is 19.6 Å². The first-order valence-electron chi connectivity index (χ1n) is 19.1. The first-order valence-corrected chi connectivity index (χ1v) is 19.1. The minimum absolute atomic E-state index is 0.0649. The lowest BCUT2D eigenvalue weighted by Gasteiger charge is -2.42. The highest BCUT2D eigenvalue weighted by Crippen LogP contribution is 2.26. The van der Waals surface area contributed by atoms with Crippen molar-refractivity contribution in [2.45, 2.75) is 191 Å². The van der Waals surface area contributed by atoms with E-state index in [1.54, 1.807) is 0 Å². The number of hydrogen-bond donors (Lipinski definition) is 7. The molecule has 296 valence electrons. The van der Waals surface area contributed by atoms with Crippen molar-refractivity contribution in [1.82, 2.24) is 0 Å². The molecule has 2 aliphatic heterocycles. The highest BCUT2D eigenvalue weighted by molar-refractivity contribution is 5.69.